The maximum atomic E-state index is 5.87. The van der Waals surface area contributed by atoms with Crippen molar-refractivity contribution in [3.05, 3.63) is 0 Å². The van der Waals surface area contributed by atoms with E-state index in [9.17, 15) is 0 Å². The number of nitrogens with zero attached hydrogens (tertiary/aromatic N) is 1. The lowest BCUT2D eigenvalue weighted by Gasteiger charge is -2.35. The molecule has 2 fully saturated rings. The molecule has 3 nitrogen and oxygen atoms in total. The molecule has 88 valence electrons. The summed E-state index contributed by atoms with van der Waals surface area (Å²) in [5.74, 6) is 0. The summed E-state index contributed by atoms with van der Waals surface area (Å²) in [5.41, 5.74) is 0. The monoisotopic (exact) mass is 212 g/mol. The van der Waals surface area contributed by atoms with Crippen LogP contribution in [-0.2, 0) is 4.74 Å². The first-order valence-electron chi connectivity index (χ1n) is 6.46. The second-order valence-electron chi connectivity index (χ2n) is 4.80. The molecule has 2 saturated heterocycles. The lowest BCUT2D eigenvalue weighted by Crippen LogP contribution is -2.49. The number of hydrogen-bond donors (Lipinski definition) is 1. The molecule has 1 N–H and O–H groups in total. The molecule has 2 aliphatic rings. The first kappa shape index (κ1) is 11.4. The van der Waals surface area contributed by atoms with E-state index >= 15 is 0 Å². The first-order chi connectivity index (χ1) is 7.40. The molecule has 2 atom stereocenters. The Morgan fingerprint density at radius 1 is 1.47 bits per heavy atom. The molecular weight excluding hydrogens is 188 g/mol. The third kappa shape index (κ3) is 3.16. The van der Waals surface area contributed by atoms with Crippen LogP contribution in [0.4, 0.5) is 0 Å². The number of rotatable bonds is 5. The molecule has 2 unspecified atom stereocenters. The number of morpholine rings is 1. The van der Waals surface area contributed by atoms with E-state index in [0.29, 0.717) is 6.10 Å². The molecule has 0 aromatic heterocycles. The fourth-order valence-electron chi connectivity index (χ4n) is 2.57. The zero-order valence-corrected chi connectivity index (χ0v) is 9.87. The third-order valence-corrected chi connectivity index (χ3v) is 3.54. The van der Waals surface area contributed by atoms with E-state index in [2.05, 4.69) is 17.1 Å². The average molecular weight is 212 g/mol. The highest BCUT2D eigenvalue weighted by Gasteiger charge is 2.31. The van der Waals surface area contributed by atoms with E-state index in [4.69, 9.17) is 4.74 Å². The summed E-state index contributed by atoms with van der Waals surface area (Å²) in [5, 5.41) is 3.48. The molecule has 0 aromatic carbocycles. The lowest BCUT2D eigenvalue weighted by molar-refractivity contribution is -0.0468. The van der Waals surface area contributed by atoms with Gasteiger partial charge in [-0.15, -0.1) is 0 Å². The van der Waals surface area contributed by atoms with Gasteiger partial charge in [-0.1, -0.05) is 13.3 Å². The van der Waals surface area contributed by atoms with Crippen molar-refractivity contribution >= 4 is 0 Å². The van der Waals surface area contributed by atoms with Crippen LogP contribution < -0.4 is 5.32 Å². The number of nitrogens with one attached hydrogen (secondary N) is 1. The SMILES string of the molecule is CCCCNCC1CN2CCCC2CO1. The summed E-state index contributed by atoms with van der Waals surface area (Å²) in [7, 11) is 0. The highest BCUT2D eigenvalue weighted by atomic mass is 16.5. The van der Waals surface area contributed by atoms with Crippen molar-refractivity contribution < 1.29 is 4.74 Å². The molecule has 15 heavy (non-hydrogen) atoms. The first-order valence-corrected chi connectivity index (χ1v) is 6.46. The summed E-state index contributed by atoms with van der Waals surface area (Å²) >= 11 is 0. The Morgan fingerprint density at radius 2 is 2.40 bits per heavy atom. The van der Waals surface area contributed by atoms with Crippen molar-refractivity contribution in [2.45, 2.75) is 44.8 Å². The molecule has 0 saturated carbocycles. The average Bonchev–Trinajstić information content (AvgIpc) is 2.71. The van der Waals surface area contributed by atoms with Gasteiger partial charge in [-0.25, -0.2) is 0 Å². The van der Waals surface area contributed by atoms with Crippen molar-refractivity contribution in [2.24, 2.45) is 0 Å². The molecule has 0 bridgehead atoms. The van der Waals surface area contributed by atoms with Gasteiger partial charge in [0.15, 0.2) is 0 Å². The molecule has 0 spiro atoms. The van der Waals surface area contributed by atoms with Crippen molar-refractivity contribution in [1.82, 2.24) is 10.2 Å². The molecule has 0 aromatic rings. The van der Waals surface area contributed by atoms with E-state index in [1.54, 1.807) is 0 Å². The van der Waals surface area contributed by atoms with Gasteiger partial charge in [0.25, 0.3) is 0 Å². The maximum absolute atomic E-state index is 5.87. The fraction of sp³-hybridized carbons (Fsp3) is 1.00. The van der Waals surface area contributed by atoms with Crippen LogP contribution in [0.1, 0.15) is 32.6 Å². The molecule has 2 aliphatic heterocycles. The van der Waals surface area contributed by atoms with Crippen LogP contribution in [0.5, 0.6) is 0 Å². The van der Waals surface area contributed by atoms with Crippen LogP contribution in [0, 0.1) is 0 Å². The molecule has 3 heteroatoms. The van der Waals surface area contributed by atoms with E-state index in [-0.39, 0.29) is 0 Å². The van der Waals surface area contributed by atoms with Gasteiger partial charge < -0.3 is 10.1 Å². The van der Waals surface area contributed by atoms with Gasteiger partial charge in [0.1, 0.15) is 0 Å². The molecule has 0 aliphatic carbocycles. The van der Waals surface area contributed by atoms with Crippen LogP contribution in [0.2, 0.25) is 0 Å². The largest absolute Gasteiger partial charge is 0.374 e. The van der Waals surface area contributed by atoms with Gasteiger partial charge >= 0.3 is 0 Å². The van der Waals surface area contributed by atoms with Crippen LogP contribution in [0.3, 0.4) is 0 Å². The van der Waals surface area contributed by atoms with Gasteiger partial charge in [-0.2, -0.15) is 0 Å². The Bertz CT molecular complexity index is 186. The zero-order chi connectivity index (χ0) is 10.5. The van der Waals surface area contributed by atoms with Crippen LogP contribution in [-0.4, -0.2) is 49.8 Å². The standard InChI is InChI=1S/C12H24N2O/c1-2-3-6-13-8-12-9-14-7-4-5-11(14)10-15-12/h11-13H,2-10H2,1H3. The zero-order valence-electron chi connectivity index (χ0n) is 9.87. The minimum Gasteiger partial charge on any atom is -0.374 e. The Kier molecular flexibility index (Phi) is 4.42. The van der Waals surface area contributed by atoms with Crippen LogP contribution in [0.15, 0.2) is 0 Å². The van der Waals surface area contributed by atoms with Gasteiger partial charge in [-0.3, -0.25) is 4.90 Å². The third-order valence-electron chi connectivity index (χ3n) is 3.54. The summed E-state index contributed by atoms with van der Waals surface area (Å²) in [6, 6.07) is 0.733. The highest BCUT2D eigenvalue weighted by molar-refractivity contribution is 4.85. The van der Waals surface area contributed by atoms with Crippen LogP contribution >= 0.6 is 0 Å². The molecular formula is C12H24N2O. The summed E-state index contributed by atoms with van der Waals surface area (Å²) in [6.45, 7) is 7.79. The van der Waals surface area contributed by atoms with E-state index in [0.717, 1.165) is 32.3 Å². The molecule has 0 amide bonds. The predicted molar refractivity (Wildman–Crippen MR) is 62.1 cm³/mol. The summed E-state index contributed by atoms with van der Waals surface area (Å²) in [6.07, 6.45) is 5.68. The number of unbranched alkanes of at least 4 members (excludes halogenated alkanes) is 1. The second-order valence-corrected chi connectivity index (χ2v) is 4.80. The van der Waals surface area contributed by atoms with E-state index in [1.165, 1.54) is 32.2 Å². The van der Waals surface area contributed by atoms with Gasteiger partial charge in [0, 0.05) is 19.1 Å². The van der Waals surface area contributed by atoms with Crippen molar-refractivity contribution in [2.75, 3.05) is 32.8 Å². The quantitative estimate of drug-likeness (QED) is 0.694. The Morgan fingerprint density at radius 3 is 3.27 bits per heavy atom. The van der Waals surface area contributed by atoms with E-state index in [1.807, 2.05) is 0 Å². The van der Waals surface area contributed by atoms with Gasteiger partial charge in [0.2, 0.25) is 0 Å². The van der Waals surface area contributed by atoms with Crippen LogP contribution in [0.25, 0.3) is 0 Å². The van der Waals surface area contributed by atoms with Gasteiger partial charge in [-0.05, 0) is 32.4 Å². The van der Waals surface area contributed by atoms with Gasteiger partial charge in [0.05, 0.1) is 12.7 Å². The number of fused-ring (bicyclic) bond motifs is 1. The van der Waals surface area contributed by atoms with Crippen molar-refractivity contribution in [3.63, 3.8) is 0 Å². The Hall–Kier alpha value is -0.120. The predicted octanol–water partition coefficient (Wildman–Crippen LogP) is 1.24. The highest BCUT2D eigenvalue weighted by Crippen LogP contribution is 2.22. The normalized spacial score (nSPS) is 31.8. The second kappa shape index (κ2) is 5.83. The summed E-state index contributed by atoms with van der Waals surface area (Å²) in [4.78, 5) is 2.61. The Labute approximate surface area is 93.2 Å². The van der Waals surface area contributed by atoms with E-state index < -0.39 is 0 Å². The minimum atomic E-state index is 0.427. The molecule has 2 rings (SSSR count). The fourth-order valence-corrected chi connectivity index (χ4v) is 2.57. The molecule has 2 heterocycles. The van der Waals surface area contributed by atoms with Crippen molar-refractivity contribution in [1.29, 1.82) is 0 Å². The van der Waals surface area contributed by atoms with Crippen molar-refractivity contribution in [3.8, 4) is 0 Å². The maximum Gasteiger partial charge on any atom is 0.0826 e. The number of hydrogen-bond acceptors (Lipinski definition) is 3. The summed E-state index contributed by atoms with van der Waals surface area (Å²) < 4.78 is 5.87. The lowest BCUT2D eigenvalue weighted by atomic mass is 10.2. The topological polar surface area (TPSA) is 24.5 Å². The molecule has 0 radical (unpaired) electrons. The smallest absolute Gasteiger partial charge is 0.0826 e. The number of ether oxygens (including phenoxy) is 1. The Balaban J connectivity index is 1.62. The minimum absolute atomic E-state index is 0.427.